The number of benzene rings is 2. The summed E-state index contributed by atoms with van der Waals surface area (Å²) in [6, 6.07) is 17.6. The summed E-state index contributed by atoms with van der Waals surface area (Å²) in [7, 11) is 1.62. The summed E-state index contributed by atoms with van der Waals surface area (Å²) in [5.74, 6) is 0.581. The smallest absolute Gasteiger partial charge is 0.253 e. The molecule has 5 nitrogen and oxygen atoms in total. The summed E-state index contributed by atoms with van der Waals surface area (Å²) < 4.78 is 5.31. The Balaban J connectivity index is 1.62. The van der Waals surface area contributed by atoms with Crippen molar-refractivity contribution in [1.82, 2.24) is 10.3 Å². The summed E-state index contributed by atoms with van der Waals surface area (Å²) in [4.78, 5) is 16.7. The summed E-state index contributed by atoms with van der Waals surface area (Å²) >= 11 is 0. The van der Waals surface area contributed by atoms with E-state index in [1.54, 1.807) is 19.5 Å². The van der Waals surface area contributed by atoms with Gasteiger partial charge in [0.15, 0.2) is 0 Å². The third kappa shape index (κ3) is 4.85. The number of anilines is 1. The number of amides is 1. The van der Waals surface area contributed by atoms with Crippen molar-refractivity contribution in [2.24, 2.45) is 0 Å². The van der Waals surface area contributed by atoms with Gasteiger partial charge in [0.1, 0.15) is 5.75 Å². The van der Waals surface area contributed by atoms with Gasteiger partial charge in [-0.3, -0.25) is 9.78 Å². The number of carbonyl (C=O) groups excluding carboxylic acids is 1. The topological polar surface area (TPSA) is 63.2 Å². The number of nitrogens with zero attached hydrogens (tertiary/aromatic N) is 1. The van der Waals surface area contributed by atoms with Crippen LogP contribution in [0, 0.1) is 6.92 Å². The van der Waals surface area contributed by atoms with Gasteiger partial charge in [0.05, 0.1) is 18.4 Å². The van der Waals surface area contributed by atoms with E-state index in [9.17, 15) is 4.79 Å². The number of para-hydroxylation sites is 1. The number of hydrogen-bond donors (Lipinski definition) is 2. The summed E-state index contributed by atoms with van der Waals surface area (Å²) in [6.07, 6.45) is 3.28. The molecule has 2 aromatic carbocycles. The first kappa shape index (κ1) is 18.5. The highest BCUT2D eigenvalue weighted by Crippen LogP contribution is 2.17. The molecule has 27 heavy (non-hydrogen) atoms. The van der Waals surface area contributed by atoms with Crippen LogP contribution in [0.4, 0.5) is 5.69 Å². The largest absolute Gasteiger partial charge is 0.496 e. The van der Waals surface area contributed by atoms with Crippen LogP contribution in [0.15, 0.2) is 67.0 Å². The van der Waals surface area contributed by atoms with Crippen LogP contribution >= 0.6 is 0 Å². The average Bonchev–Trinajstić information content (AvgIpc) is 2.72. The van der Waals surface area contributed by atoms with E-state index in [4.69, 9.17) is 4.74 Å². The molecule has 138 valence electrons. The number of hydrogen-bond acceptors (Lipinski definition) is 4. The van der Waals surface area contributed by atoms with E-state index in [-0.39, 0.29) is 5.91 Å². The zero-order valence-corrected chi connectivity index (χ0v) is 15.5. The normalized spacial score (nSPS) is 10.3. The van der Waals surface area contributed by atoms with Crippen molar-refractivity contribution < 1.29 is 9.53 Å². The molecule has 0 aliphatic heterocycles. The predicted molar refractivity (Wildman–Crippen MR) is 107 cm³/mol. The standard InChI is InChI=1S/C22H23N3O2/c1-16-7-3-4-8-17(16)13-24-20-11-19(12-23-15-20)22(26)25-14-18-9-5-6-10-21(18)27-2/h3-12,15,24H,13-14H2,1-2H3,(H,25,26). The first-order chi connectivity index (χ1) is 13.2. The quantitative estimate of drug-likeness (QED) is 0.669. The summed E-state index contributed by atoms with van der Waals surface area (Å²) in [6.45, 7) is 3.15. The number of methoxy groups -OCH3 is 1. The fourth-order valence-corrected chi connectivity index (χ4v) is 2.79. The second kappa shape index (κ2) is 8.85. The number of rotatable bonds is 7. The van der Waals surface area contributed by atoms with Gasteiger partial charge in [-0.15, -0.1) is 0 Å². The minimum Gasteiger partial charge on any atom is -0.496 e. The van der Waals surface area contributed by atoms with Crippen molar-refractivity contribution in [3.8, 4) is 5.75 Å². The maximum atomic E-state index is 12.5. The molecular formula is C22H23N3O2. The van der Waals surface area contributed by atoms with Gasteiger partial charge in [-0.2, -0.15) is 0 Å². The van der Waals surface area contributed by atoms with Crippen LogP contribution in [0.25, 0.3) is 0 Å². The van der Waals surface area contributed by atoms with E-state index in [0.29, 0.717) is 18.7 Å². The van der Waals surface area contributed by atoms with Gasteiger partial charge < -0.3 is 15.4 Å². The SMILES string of the molecule is COc1ccccc1CNC(=O)c1cncc(NCc2ccccc2C)c1. The molecule has 2 N–H and O–H groups in total. The lowest BCUT2D eigenvalue weighted by atomic mass is 10.1. The molecule has 1 aromatic heterocycles. The first-order valence-electron chi connectivity index (χ1n) is 8.81. The molecule has 1 heterocycles. The maximum Gasteiger partial charge on any atom is 0.253 e. The van der Waals surface area contributed by atoms with E-state index in [1.165, 1.54) is 11.1 Å². The molecule has 0 bridgehead atoms. The lowest BCUT2D eigenvalue weighted by molar-refractivity contribution is 0.0950. The summed E-state index contributed by atoms with van der Waals surface area (Å²) in [5, 5.41) is 6.24. The fraction of sp³-hybridized carbons (Fsp3) is 0.182. The minimum atomic E-state index is -0.173. The van der Waals surface area contributed by atoms with Gasteiger partial charge >= 0.3 is 0 Å². The second-order valence-electron chi connectivity index (χ2n) is 6.24. The van der Waals surface area contributed by atoms with Gasteiger partial charge in [-0.25, -0.2) is 0 Å². The molecular weight excluding hydrogens is 338 g/mol. The van der Waals surface area contributed by atoms with Crippen molar-refractivity contribution in [3.63, 3.8) is 0 Å². The van der Waals surface area contributed by atoms with Crippen LogP contribution < -0.4 is 15.4 Å². The third-order valence-electron chi connectivity index (χ3n) is 4.38. The Kier molecular flexibility index (Phi) is 6.05. The number of pyridine rings is 1. The molecule has 0 aliphatic carbocycles. The molecule has 0 saturated heterocycles. The van der Waals surface area contributed by atoms with Crippen LogP contribution in [0.3, 0.4) is 0 Å². The number of ether oxygens (including phenoxy) is 1. The molecule has 5 heteroatoms. The van der Waals surface area contributed by atoms with Crippen molar-refractivity contribution in [2.45, 2.75) is 20.0 Å². The van der Waals surface area contributed by atoms with Crippen LogP contribution in [-0.4, -0.2) is 18.0 Å². The maximum absolute atomic E-state index is 12.5. The second-order valence-corrected chi connectivity index (χ2v) is 6.24. The molecule has 0 aliphatic rings. The molecule has 0 fully saturated rings. The highest BCUT2D eigenvalue weighted by atomic mass is 16.5. The molecule has 0 saturated carbocycles. The van der Waals surface area contributed by atoms with E-state index >= 15 is 0 Å². The van der Waals surface area contributed by atoms with Crippen molar-refractivity contribution in [1.29, 1.82) is 0 Å². The van der Waals surface area contributed by atoms with Crippen molar-refractivity contribution in [2.75, 3.05) is 12.4 Å². The highest BCUT2D eigenvalue weighted by Gasteiger charge is 2.09. The fourth-order valence-electron chi connectivity index (χ4n) is 2.79. The van der Waals surface area contributed by atoms with E-state index in [0.717, 1.165) is 17.0 Å². The monoisotopic (exact) mass is 361 g/mol. The van der Waals surface area contributed by atoms with Gasteiger partial charge in [-0.05, 0) is 30.2 Å². The van der Waals surface area contributed by atoms with Gasteiger partial charge in [0.2, 0.25) is 0 Å². The predicted octanol–water partition coefficient (Wildman–Crippen LogP) is 3.94. The van der Waals surface area contributed by atoms with Crippen LogP contribution in [0.2, 0.25) is 0 Å². The molecule has 3 rings (SSSR count). The third-order valence-corrected chi connectivity index (χ3v) is 4.38. The Morgan fingerprint density at radius 2 is 1.74 bits per heavy atom. The molecule has 0 unspecified atom stereocenters. The number of aryl methyl sites for hydroxylation is 1. The van der Waals surface area contributed by atoms with E-state index in [2.05, 4.69) is 34.7 Å². The minimum absolute atomic E-state index is 0.173. The Morgan fingerprint density at radius 3 is 2.52 bits per heavy atom. The van der Waals surface area contributed by atoms with Crippen molar-refractivity contribution in [3.05, 3.63) is 89.2 Å². The number of aromatic nitrogens is 1. The van der Waals surface area contributed by atoms with E-state index in [1.807, 2.05) is 42.5 Å². The molecule has 0 spiro atoms. The van der Waals surface area contributed by atoms with Crippen LogP contribution in [0.1, 0.15) is 27.0 Å². The van der Waals surface area contributed by atoms with E-state index < -0.39 is 0 Å². The number of nitrogens with one attached hydrogen (secondary N) is 2. The van der Waals surface area contributed by atoms with Crippen LogP contribution in [0.5, 0.6) is 5.75 Å². The number of carbonyl (C=O) groups is 1. The van der Waals surface area contributed by atoms with Gasteiger partial charge in [0.25, 0.3) is 5.91 Å². The molecule has 3 aromatic rings. The Bertz CT molecular complexity index is 925. The Hall–Kier alpha value is -3.34. The van der Waals surface area contributed by atoms with Crippen LogP contribution in [-0.2, 0) is 13.1 Å². The molecule has 0 atom stereocenters. The highest BCUT2D eigenvalue weighted by molar-refractivity contribution is 5.94. The zero-order valence-electron chi connectivity index (χ0n) is 15.5. The van der Waals surface area contributed by atoms with Gasteiger partial charge in [-0.1, -0.05) is 42.5 Å². The van der Waals surface area contributed by atoms with Crippen molar-refractivity contribution >= 4 is 11.6 Å². The Labute approximate surface area is 159 Å². The molecule has 0 radical (unpaired) electrons. The molecule has 1 amide bonds. The average molecular weight is 361 g/mol. The lowest BCUT2D eigenvalue weighted by Crippen LogP contribution is -2.23. The Morgan fingerprint density at radius 1 is 1.00 bits per heavy atom. The lowest BCUT2D eigenvalue weighted by Gasteiger charge is -2.11. The zero-order chi connectivity index (χ0) is 19.1. The van der Waals surface area contributed by atoms with Gasteiger partial charge in [0, 0.05) is 31.0 Å². The summed E-state index contributed by atoms with van der Waals surface area (Å²) in [5.41, 5.74) is 4.69. The first-order valence-corrected chi connectivity index (χ1v) is 8.81.